The minimum atomic E-state index is -0.418. The van der Waals surface area contributed by atoms with Crippen LogP contribution in [0.3, 0.4) is 0 Å². The van der Waals surface area contributed by atoms with Crippen LogP contribution < -0.4 is 10.2 Å². The van der Waals surface area contributed by atoms with Crippen molar-refractivity contribution in [3.63, 3.8) is 0 Å². The molecule has 0 aliphatic rings. The summed E-state index contributed by atoms with van der Waals surface area (Å²) < 4.78 is 0. The standard InChI is InChI=1S/C18H19N3O2S/c1-21(2)17-9-14(13-5-3-4-6-15(13)19-17)18(23)20-16(10-22)12-7-8-24-11-12/h3-9,11,16,22H,10H2,1-2H3,(H,20,23)/t16-/m0/s1. The molecule has 24 heavy (non-hydrogen) atoms. The molecule has 0 saturated heterocycles. The number of rotatable bonds is 5. The number of aliphatic hydroxyl groups excluding tert-OH is 1. The number of thiophene rings is 1. The molecule has 2 heterocycles. The molecule has 0 spiro atoms. The Bertz CT molecular complexity index is 847. The number of aliphatic hydroxyl groups is 1. The number of carbonyl (C=O) groups excluding carboxylic acids is 1. The zero-order valence-electron chi connectivity index (χ0n) is 13.6. The molecule has 3 aromatic rings. The average molecular weight is 341 g/mol. The van der Waals surface area contributed by atoms with Gasteiger partial charge in [-0.25, -0.2) is 4.98 Å². The molecule has 0 saturated carbocycles. The summed E-state index contributed by atoms with van der Waals surface area (Å²) in [7, 11) is 3.78. The number of hydrogen-bond donors (Lipinski definition) is 2. The van der Waals surface area contributed by atoms with Crippen LogP contribution in [0, 0.1) is 0 Å². The van der Waals surface area contributed by atoms with Crippen molar-refractivity contribution in [3.8, 4) is 0 Å². The van der Waals surface area contributed by atoms with Crippen molar-refractivity contribution in [1.82, 2.24) is 10.3 Å². The number of nitrogens with zero attached hydrogens (tertiary/aromatic N) is 2. The molecule has 0 aliphatic heterocycles. The van der Waals surface area contributed by atoms with E-state index in [1.165, 1.54) is 11.3 Å². The summed E-state index contributed by atoms with van der Waals surface area (Å²) in [6.45, 7) is -0.147. The Labute approximate surface area is 144 Å². The number of pyridine rings is 1. The summed E-state index contributed by atoms with van der Waals surface area (Å²) in [5.41, 5.74) is 2.23. The van der Waals surface area contributed by atoms with Crippen LogP contribution in [0.15, 0.2) is 47.2 Å². The van der Waals surface area contributed by atoms with Gasteiger partial charge in [-0.3, -0.25) is 4.79 Å². The quantitative estimate of drug-likeness (QED) is 0.749. The number of benzene rings is 1. The summed E-state index contributed by atoms with van der Waals surface area (Å²) in [6, 6.07) is 10.8. The van der Waals surface area contributed by atoms with E-state index in [4.69, 9.17) is 0 Å². The van der Waals surface area contributed by atoms with Crippen LogP contribution in [0.5, 0.6) is 0 Å². The average Bonchev–Trinajstić information content (AvgIpc) is 3.12. The molecule has 1 aromatic carbocycles. The van der Waals surface area contributed by atoms with E-state index in [0.29, 0.717) is 5.56 Å². The highest BCUT2D eigenvalue weighted by Gasteiger charge is 2.18. The Morgan fingerprint density at radius 2 is 2.12 bits per heavy atom. The molecule has 2 aromatic heterocycles. The van der Waals surface area contributed by atoms with Crippen molar-refractivity contribution in [2.45, 2.75) is 6.04 Å². The van der Waals surface area contributed by atoms with Gasteiger partial charge in [0.05, 0.1) is 23.7 Å². The minimum absolute atomic E-state index is 0.147. The maximum atomic E-state index is 12.8. The van der Waals surface area contributed by atoms with Gasteiger partial charge in [0.2, 0.25) is 0 Å². The first-order valence-electron chi connectivity index (χ1n) is 7.61. The largest absolute Gasteiger partial charge is 0.394 e. The number of carbonyl (C=O) groups is 1. The summed E-state index contributed by atoms with van der Waals surface area (Å²) in [6.07, 6.45) is 0. The molecule has 0 radical (unpaired) electrons. The highest BCUT2D eigenvalue weighted by Crippen LogP contribution is 2.23. The monoisotopic (exact) mass is 341 g/mol. The Morgan fingerprint density at radius 3 is 2.79 bits per heavy atom. The number of hydrogen-bond acceptors (Lipinski definition) is 5. The molecular formula is C18H19N3O2S. The number of amides is 1. The number of anilines is 1. The van der Waals surface area contributed by atoms with Crippen LogP contribution in [0.2, 0.25) is 0 Å². The predicted octanol–water partition coefficient (Wildman–Crippen LogP) is 2.83. The van der Waals surface area contributed by atoms with E-state index in [0.717, 1.165) is 22.3 Å². The van der Waals surface area contributed by atoms with Gasteiger partial charge in [0.25, 0.3) is 5.91 Å². The van der Waals surface area contributed by atoms with Crippen molar-refractivity contribution in [2.75, 3.05) is 25.6 Å². The maximum Gasteiger partial charge on any atom is 0.252 e. The smallest absolute Gasteiger partial charge is 0.252 e. The van der Waals surface area contributed by atoms with E-state index in [1.54, 1.807) is 6.07 Å². The Hall–Kier alpha value is -2.44. The maximum absolute atomic E-state index is 12.8. The first kappa shape index (κ1) is 16.4. The second-order valence-corrected chi connectivity index (χ2v) is 6.48. The van der Waals surface area contributed by atoms with Gasteiger partial charge in [-0.15, -0.1) is 0 Å². The van der Waals surface area contributed by atoms with E-state index in [1.807, 2.05) is 60.1 Å². The van der Waals surface area contributed by atoms with Gasteiger partial charge in [0, 0.05) is 19.5 Å². The number of fused-ring (bicyclic) bond motifs is 1. The first-order valence-corrected chi connectivity index (χ1v) is 8.55. The molecule has 1 atom stereocenters. The molecule has 5 nitrogen and oxygen atoms in total. The van der Waals surface area contributed by atoms with E-state index in [9.17, 15) is 9.90 Å². The van der Waals surface area contributed by atoms with E-state index in [2.05, 4.69) is 10.3 Å². The van der Waals surface area contributed by atoms with Crippen molar-refractivity contribution < 1.29 is 9.90 Å². The van der Waals surface area contributed by atoms with Crippen molar-refractivity contribution >= 4 is 34.0 Å². The molecule has 0 unspecified atom stereocenters. The summed E-state index contributed by atoms with van der Waals surface area (Å²) in [5.74, 6) is 0.497. The van der Waals surface area contributed by atoms with Gasteiger partial charge in [0.1, 0.15) is 5.82 Å². The normalized spacial score (nSPS) is 12.1. The number of nitrogens with one attached hydrogen (secondary N) is 1. The van der Waals surface area contributed by atoms with Gasteiger partial charge >= 0.3 is 0 Å². The molecule has 0 bridgehead atoms. The van der Waals surface area contributed by atoms with Crippen LogP contribution >= 0.6 is 11.3 Å². The second kappa shape index (κ2) is 6.98. The molecule has 124 valence electrons. The van der Waals surface area contributed by atoms with Gasteiger partial charge in [0.15, 0.2) is 0 Å². The molecular weight excluding hydrogens is 322 g/mol. The van der Waals surface area contributed by atoms with E-state index >= 15 is 0 Å². The third-order valence-electron chi connectivity index (χ3n) is 3.84. The number of aromatic nitrogens is 1. The van der Waals surface area contributed by atoms with Gasteiger partial charge < -0.3 is 15.3 Å². The molecule has 2 N–H and O–H groups in total. The topological polar surface area (TPSA) is 65.5 Å². The summed E-state index contributed by atoms with van der Waals surface area (Å²) >= 11 is 1.54. The van der Waals surface area contributed by atoms with Gasteiger partial charge in [-0.1, -0.05) is 18.2 Å². The minimum Gasteiger partial charge on any atom is -0.394 e. The number of para-hydroxylation sites is 1. The summed E-state index contributed by atoms with van der Waals surface area (Å²) in [4.78, 5) is 19.3. The zero-order valence-corrected chi connectivity index (χ0v) is 14.4. The molecule has 6 heteroatoms. The Kier molecular flexibility index (Phi) is 4.78. The molecule has 0 fully saturated rings. The first-order chi connectivity index (χ1) is 11.6. The lowest BCUT2D eigenvalue weighted by Crippen LogP contribution is -2.31. The summed E-state index contributed by atoms with van der Waals surface area (Å²) in [5, 5.41) is 17.2. The van der Waals surface area contributed by atoms with Crippen LogP contribution in [0.4, 0.5) is 5.82 Å². The molecule has 1 amide bonds. The highest BCUT2D eigenvalue weighted by molar-refractivity contribution is 7.08. The second-order valence-electron chi connectivity index (χ2n) is 5.70. The zero-order chi connectivity index (χ0) is 17.1. The molecule has 0 aliphatic carbocycles. The van der Waals surface area contributed by atoms with E-state index < -0.39 is 6.04 Å². The van der Waals surface area contributed by atoms with Crippen molar-refractivity contribution in [3.05, 3.63) is 58.3 Å². The van der Waals surface area contributed by atoms with Gasteiger partial charge in [-0.05, 0) is 34.5 Å². The third-order valence-corrected chi connectivity index (χ3v) is 4.54. The fourth-order valence-electron chi connectivity index (χ4n) is 2.52. The predicted molar refractivity (Wildman–Crippen MR) is 97.7 cm³/mol. The van der Waals surface area contributed by atoms with Crippen molar-refractivity contribution in [1.29, 1.82) is 0 Å². The third kappa shape index (κ3) is 3.25. The van der Waals surface area contributed by atoms with Crippen LogP contribution in [-0.2, 0) is 0 Å². The fraction of sp³-hybridized carbons (Fsp3) is 0.222. The van der Waals surface area contributed by atoms with Crippen LogP contribution in [-0.4, -0.2) is 36.7 Å². The Morgan fingerprint density at radius 1 is 1.33 bits per heavy atom. The lowest BCUT2D eigenvalue weighted by Gasteiger charge is -2.18. The van der Waals surface area contributed by atoms with Gasteiger partial charge in [-0.2, -0.15) is 11.3 Å². The lowest BCUT2D eigenvalue weighted by atomic mass is 10.1. The Balaban J connectivity index is 1.99. The fourth-order valence-corrected chi connectivity index (χ4v) is 3.24. The van der Waals surface area contributed by atoms with Crippen molar-refractivity contribution in [2.24, 2.45) is 0 Å². The molecule has 3 rings (SSSR count). The highest BCUT2D eigenvalue weighted by atomic mass is 32.1. The SMILES string of the molecule is CN(C)c1cc(C(=O)N[C@@H](CO)c2ccsc2)c2ccccc2n1. The lowest BCUT2D eigenvalue weighted by molar-refractivity contribution is 0.0918. The van der Waals surface area contributed by atoms with Crippen LogP contribution in [0.1, 0.15) is 22.0 Å². The van der Waals surface area contributed by atoms with Crippen LogP contribution in [0.25, 0.3) is 10.9 Å². The van der Waals surface area contributed by atoms with E-state index in [-0.39, 0.29) is 12.5 Å².